The molecule has 0 amide bonds. The first-order valence-corrected chi connectivity index (χ1v) is 15.1. The zero-order valence-corrected chi connectivity index (χ0v) is 26.8. The van der Waals surface area contributed by atoms with E-state index in [0.29, 0.717) is 28.2 Å². The molecule has 1 N–H and O–H groups in total. The standard InChI is InChI=1S/C35H36O13/c1-21(36)44-29-18-28-32(45-22(2)37)33(35(29,46-28)47-31(40)20-43-19-30(38)39)48-34(23-8-6-5-7-9-23,24-10-14-26(41-3)15-11-24)25-12-16-27(42-4)17-13-25/h5-17,28-29,32-33H,18-20H2,1-4H3,(H,38,39)/t28-,29+,32-,33-,35-/m0/s1. The number of carbonyl (C=O) groups is 4. The van der Waals surface area contributed by atoms with Crippen molar-refractivity contribution >= 4 is 23.9 Å². The molecule has 48 heavy (non-hydrogen) atoms. The minimum absolute atomic E-state index is 0.00403. The molecule has 254 valence electrons. The van der Waals surface area contributed by atoms with Crippen molar-refractivity contribution in [3.8, 4) is 11.5 Å². The van der Waals surface area contributed by atoms with Crippen LogP contribution in [0.25, 0.3) is 0 Å². The molecule has 13 heteroatoms. The highest BCUT2D eigenvalue weighted by Crippen LogP contribution is 2.53. The van der Waals surface area contributed by atoms with E-state index in [2.05, 4.69) is 0 Å². The van der Waals surface area contributed by atoms with Gasteiger partial charge in [-0.05, 0) is 41.0 Å². The Bertz CT molecular complexity index is 1560. The molecule has 2 aliphatic heterocycles. The summed E-state index contributed by atoms with van der Waals surface area (Å²) < 4.78 is 46.7. The topological polar surface area (TPSA) is 162 Å². The largest absolute Gasteiger partial charge is 0.497 e. The summed E-state index contributed by atoms with van der Waals surface area (Å²) in [6.45, 7) is 0.893. The molecule has 0 aromatic heterocycles. The Labute approximate surface area is 276 Å². The molecule has 3 aromatic rings. The van der Waals surface area contributed by atoms with Crippen molar-refractivity contribution in [1.29, 1.82) is 0 Å². The minimum atomic E-state index is -2.14. The average Bonchev–Trinajstić information content (AvgIpc) is 3.55. The van der Waals surface area contributed by atoms with E-state index >= 15 is 0 Å². The molecule has 2 fully saturated rings. The second kappa shape index (κ2) is 14.4. The fraction of sp³-hybridized carbons (Fsp3) is 0.371. The third-order valence-electron chi connectivity index (χ3n) is 8.10. The lowest BCUT2D eigenvalue weighted by Crippen LogP contribution is -2.61. The summed E-state index contributed by atoms with van der Waals surface area (Å²) in [6.07, 6.45) is -4.65. The van der Waals surface area contributed by atoms with Gasteiger partial charge in [-0.15, -0.1) is 0 Å². The molecule has 0 saturated carbocycles. The van der Waals surface area contributed by atoms with E-state index in [-0.39, 0.29) is 6.42 Å². The highest BCUT2D eigenvalue weighted by Gasteiger charge is 2.73. The van der Waals surface area contributed by atoms with Crippen LogP contribution in [0.3, 0.4) is 0 Å². The summed E-state index contributed by atoms with van der Waals surface area (Å²) in [7, 11) is 3.09. The molecule has 5 rings (SSSR count). The molecule has 0 spiro atoms. The molecule has 0 aliphatic carbocycles. The lowest BCUT2D eigenvalue weighted by Gasteiger charge is -2.45. The number of rotatable bonds is 14. The van der Waals surface area contributed by atoms with Gasteiger partial charge < -0.3 is 43.0 Å². The van der Waals surface area contributed by atoms with Crippen LogP contribution in [0.15, 0.2) is 78.9 Å². The van der Waals surface area contributed by atoms with Gasteiger partial charge in [0.2, 0.25) is 0 Å². The van der Waals surface area contributed by atoms with E-state index in [1.807, 2.05) is 54.6 Å². The zero-order valence-electron chi connectivity index (χ0n) is 26.8. The van der Waals surface area contributed by atoms with Gasteiger partial charge in [-0.3, -0.25) is 9.59 Å². The summed E-state index contributed by atoms with van der Waals surface area (Å²) in [5.74, 6) is -4.63. The number of esters is 3. The maximum absolute atomic E-state index is 13.2. The second-order valence-electron chi connectivity index (χ2n) is 11.2. The smallest absolute Gasteiger partial charge is 0.334 e. The van der Waals surface area contributed by atoms with Crippen LogP contribution in [0.1, 0.15) is 37.0 Å². The van der Waals surface area contributed by atoms with Gasteiger partial charge in [0.25, 0.3) is 5.79 Å². The monoisotopic (exact) mass is 664 g/mol. The Balaban J connectivity index is 1.72. The van der Waals surface area contributed by atoms with Crippen LogP contribution in [-0.2, 0) is 53.2 Å². The maximum Gasteiger partial charge on any atom is 0.334 e. The third-order valence-corrected chi connectivity index (χ3v) is 8.10. The normalized spacial score (nSPS) is 22.8. The molecular formula is C35H36O13. The predicted molar refractivity (Wildman–Crippen MR) is 165 cm³/mol. The van der Waals surface area contributed by atoms with Gasteiger partial charge in [-0.1, -0.05) is 54.6 Å². The number of fused-ring (bicyclic) bond motifs is 2. The molecular weight excluding hydrogens is 628 g/mol. The van der Waals surface area contributed by atoms with E-state index in [0.717, 1.165) is 0 Å². The number of carboxylic acid groups (broad SMARTS) is 1. The van der Waals surface area contributed by atoms with E-state index in [9.17, 15) is 19.2 Å². The summed E-state index contributed by atoms with van der Waals surface area (Å²) in [5, 5.41) is 8.99. The number of ether oxygens (including phenoxy) is 8. The number of carboxylic acids is 1. The van der Waals surface area contributed by atoms with E-state index in [1.54, 1.807) is 38.5 Å². The second-order valence-corrected chi connectivity index (χ2v) is 11.2. The number of hydrogen-bond donors (Lipinski definition) is 1. The van der Waals surface area contributed by atoms with Gasteiger partial charge in [0.05, 0.1) is 14.2 Å². The predicted octanol–water partition coefficient (Wildman–Crippen LogP) is 3.39. The van der Waals surface area contributed by atoms with Crippen molar-refractivity contribution < 1.29 is 62.2 Å². The van der Waals surface area contributed by atoms with Gasteiger partial charge >= 0.3 is 23.9 Å². The zero-order chi connectivity index (χ0) is 34.5. The first kappa shape index (κ1) is 34.4. The average molecular weight is 665 g/mol. The van der Waals surface area contributed by atoms with Gasteiger partial charge in [0.15, 0.2) is 18.3 Å². The number of benzene rings is 3. The lowest BCUT2D eigenvalue weighted by molar-refractivity contribution is -0.285. The summed E-state index contributed by atoms with van der Waals surface area (Å²) in [5.41, 5.74) is 0.357. The number of carbonyl (C=O) groups excluding carboxylic acids is 3. The number of methoxy groups -OCH3 is 2. The summed E-state index contributed by atoms with van der Waals surface area (Å²) in [4.78, 5) is 49.1. The minimum Gasteiger partial charge on any atom is -0.497 e. The van der Waals surface area contributed by atoms with Gasteiger partial charge in [-0.2, -0.15) is 0 Å². The van der Waals surface area contributed by atoms with E-state index in [1.165, 1.54) is 13.8 Å². The van der Waals surface area contributed by atoms with Gasteiger partial charge in [-0.25, -0.2) is 9.59 Å². The molecule has 0 radical (unpaired) electrons. The van der Waals surface area contributed by atoms with E-state index in [4.69, 9.17) is 43.0 Å². The fourth-order valence-corrected chi connectivity index (χ4v) is 6.22. The summed E-state index contributed by atoms with van der Waals surface area (Å²) >= 11 is 0. The highest BCUT2D eigenvalue weighted by atomic mass is 16.8. The first-order chi connectivity index (χ1) is 23.0. The van der Waals surface area contributed by atoms with Crippen molar-refractivity contribution in [3.05, 3.63) is 95.6 Å². The van der Waals surface area contributed by atoms with Gasteiger partial charge in [0, 0.05) is 20.3 Å². The Kier molecular flexibility index (Phi) is 10.3. The molecule has 2 bridgehead atoms. The van der Waals surface area contributed by atoms with Crippen LogP contribution in [0.5, 0.6) is 11.5 Å². The third kappa shape index (κ3) is 6.84. The van der Waals surface area contributed by atoms with Crippen molar-refractivity contribution in [3.63, 3.8) is 0 Å². The maximum atomic E-state index is 13.2. The number of hydrogen-bond acceptors (Lipinski definition) is 12. The Morgan fingerprint density at radius 3 is 1.83 bits per heavy atom. The van der Waals surface area contributed by atoms with Crippen LogP contribution in [0.4, 0.5) is 0 Å². The first-order valence-electron chi connectivity index (χ1n) is 15.1. The van der Waals surface area contributed by atoms with Crippen molar-refractivity contribution in [1.82, 2.24) is 0 Å². The Morgan fingerprint density at radius 2 is 1.33 bits per heavy atom. The van der Waals surface area contributed by atoms with Crippen molar-refractivity contribution in [2.24, 2.45) is 0 Å². The number of aliphatic carboxylic acids is 1. The molecule has 0 unspecified atom stereocenters. The van der Waals surface area contributed by atoms with Crippen LogP contribution in [-0.4, -0.2) is 86.6 Å². The molecule has 5 atom stereocenters. The summed E-state index contributed by atoms with van der Waals surface area (Å²) in [6, 6.07) is 23.5. The van der Waals surface area contributed by atoms with Crippen LogP contribution >= 0.6 is 0 Å². The molecule has 2 saturated heterocycles. The van der Waals surface area contributed by atoms with Crippen LogP contribution in [0.2, 0.25) is 0 Å². The van der Waals surface area contributed by atoms with Crippen LogP contribution in [0, 0.1) is 0 Å². The molecule has 3 aromatic carbocycles. The van der Waals surface area contributed by atoms with Crippen LogP contribution < -0.4 is 9.47 Å². The van der Waals surface area contributed by atoms with E-state index < -0.39 is 72.9 Å². The van der Waals surface area contributed by atoms with Crippen molar-refractivity contribution in [2.45, 2.75) is 56.1 Å². The molecule has 13 nitrogen and oxygen atoms in total. The Hall–Kier alpha value is -4.98. The fourth-order valence-electron chi connectivity index (χ4n) is 6.22. The quantitative estimate of drug-likeness (QED) is 0.152. The molecule has 2 heterocycles. The van der Waals surface area contributed by atoms with Gasteiger partial charge in [0.1, 0.15) is 36.4 Å². The van der Waals surface area contributed by atoms with Crippen molar-refractivity contribution in [2.75, 3.05) is 27.4 Å². The highest BCUT2D eigenvalue weighted by molar-refractivity contribution is 5.73. The molecule has 2 aliphatic rings. The SMILES string of the molecule is COc1ccc(C(O[C@H]2[C@@H](OC(C)=O)[C@@H]3C[C@@H](OC(C)=O)[C@@]2(OC(=O)COCC(=O)O)O3)(c2ccccc2)c2ccc(OC)cc2)cc1. The lowest BCUT2D eigenvalue weighted by atomic mass is 9.78. The Morgan fingerprint density at radius 1 is 0.792 bits per heavy atom.